The molecule has 112 valence electrons. The molecule has 2 nitrogen and oxygen atoms in total. The SMILES string of the molecule is CCCC(Nc1ccc(OC(C)C)cc1)c1ccccc1. The Labute approximate surface area is 128 Å². The summed E-state index contributed by atoms with van der Waals surface area (Å²) < 4.78 is 5.68. The van der Waals surface area contributed by atoms with Gasteiger partial charge in [0.05, 0.1) is 12.1 Å². The number of anilines is 1. The molecule has 2 heteroatoms. The Bertz CT molecular complexity index is 519. The molecule has 0 saturated heterocycles. The van der Waals surface area contributed by atoms with Gasteiger partial charge in [-0.3, -0.25) is 0 Å². The second-order valence-corrected chi connectivity index (χ2v) is 5.59. The molecule has 2 aromatic carbocycles. The third kappa shape index (κ3) is 4.82. The molecule has 0 fully saturated rings. The van der Waals surface area contributed by atoms with E-state index >= 15 is 0 Å². The predicted octanol–water partition coefficient (Wildman–Crippen LogP) is 5.43. The molecule has 0 spiro atoms. The smallest absolute Gasteiger partial charge is 0.119 e. The van der Waals surface area contributed by atoms with Crippen molar-refractivity contribution in [3.63, 3.8) is 0 Å². The molecule has 1 unspecified atom stereocenters. The highest BCUT2D eigenvalue weighted by atomic mass is 16.5. The molecule has 0 aromatic heterocycles. The van der Waals surface area contributed by atoms with E-state index in [1.54, 1.807) is 0 Å². The first-order valence-corrected chi connectivity index (χ1v) is 7.77. The number of ether oxygens (including phenoxy) is 1. The zero-order valence-electron chi connectivity index (χ0n) is 13.2. The zero-order valence-corrected chi connectivity index (χ0v) is 13.2. The van der Waals surface area contributed by atoms with Crippen LogP contribution in [0.2, 0.25) is 0 Å². The van der Waals surface area contributed by atoms with Gasteiger partial charge in [0.1, 0.15) is 5.75 Å². The minimum atomic E-state index is 0.209. The minimum Gasteiger partial charge on any atom is -0.491 e. The van der Waals surface area contributed by atoms with Crippen molar-refractivity contribution in [2.24, 2.45) is 0 Å². The fourth-order valence-electron chi connectivity index (χ4n) is 2.40. The van der Waals surface area contributed by atoms with Crippen molar-refractivity contribution in [2.45, 2.75) is 45.8 Å². The monoisotopic (exact) mass is 283 g/mol. The average Bonchev–Trinajstić information content (AvgIpc) is 2.49. The first kappa shape index (κ1) is 15.4. The standard InChI is InChI=1S/C19H25NO/c1-4-8-19(16-9-6-5-7-10-16)20-17-11-13-18(14-12-17)21-15(2)3/h5-7,9-15,19-20H,4,8H2,1-3H3. The molecule has 0 aliphatic heterocycles. The van der Waals surface area contributed by atoms with Gasteiger partial charge in [-0.25, -0.2) is 0 Å². The molecule has 1 N–H and O–H groups in total. The molecule has 1 atom stereocenters. The predicted molar refractivity (Wildman–Crippen MR) is 89.9 cm³/mol. The second kappa shape index (κ2) is 7.72. The third-order valence-corrected chi connectivity index (χ3v) is 3.35. The van der Waals surface area contributed by atoms with Crippen molar-refractivity contribution < 1.29 is 4.74 Å². The Hall–Kier alpha value is -1.96. The van der Waals surface area contributed by atoms with Gasteiger partial charge in [0, 0.05) is 5.69 Å². The minimum absolute atomic E-state index is 0.209. The van der Waals surface area contributed by atoms with E-state index in [1.807, 2.05) is 26.0 Å². The maximum Gasteiger partial charge on any atom is 0.119 e. The van der Waals surface area contributed by atoms with Crippen LogP contribution in [0.25, 0.3) is 0 Å². The van der Waals surface area contributed by atoms with E-state index in [0.717, 1.165) is 24.3 Å². The highest BCUT2D eigenvalue weighted by Crippen LogP contribution is 2.25. The van der Waals surface area contributed by atoms with Gasteiger partial charge < -0.3 is 10.1 Å². The fourth-order valence-corrected chi connectivity index (χ4v) is 2.40. The third-order valence-electron chi connectivity index (χ3n) is 3.35. The molecule has 0 saturated carbocycles. The lowest BCUT2D eigenvalue weighted by molar-refractivity contribution is 0.242. The summed E-state index contributed by atoms with van der Waals surface area (Å²) in [5.74, 6) is 0.919. The summed E-state index contributed by atoms with van der Waals surface area (Å²) in [6.07, 6.45) is 2.48. The van der Waals surface area contributed by atoms with Gasteiger partial charge in [0.15, 0.2) is 0 Å². The van der Waals surface area contributed by atoms with Crippen LogP contribution in [0.5, 0.6) is 5.75 Å². The molecule has 0 radical (unpaired) electrons. The van der Waals surface area contributed by atoms with Crippen molar-refractivity contribution >= 4 is 5.69 Å². The molecule has 0 amide bonds. The quantitative estimate of drug-likeness (QED) is 0.732. The van der Waals surface area contributed by atoms with Crippen molar-refractivity contribution in [3.05, 3.63) is 60.2 Å². The van der Waals surface area contributed by atoms with E-state index in [4.69, 9.17) is 4.74 Å². The van der Waals surface area contributed by atoms with Crippen LogP contribution in [0.1, 0.15) is 45.2 Å². The summed E-state index contributed by atoms with van der Waals surface area (Å²) in [4.78, 5) is 0. The van der Waals surface area contributed by atoms with Gasteiger partial charge in [-0.05, 0) is 50.1 Å². The van der Waals surface area contributed by atoms with Crippen LogP contribution in [0.4, 0.5) is 5.69 Å². The molecular weight excluding hydrogens is 258 g/mol. The van der Waals surface area contributed by atoms with Crippen LogP contribution in [0, 0.1) is 0 Å². The van der Waals surface area contributed by atoms with E-state index in [0.29, 0.717) is 6.04 Å². The number of benzene rings is 2. The lowest BCUT2D eigenvalue weighted by atomic mass is 10.0. The maximum absolute atomic E-state index is 5.68. The van der Waals surface area contributed by atoms with Crippen molar-refractivity contribution in [1.29, 1.82) is 0 Å². The summed E-state index contributed by atoms with van der Waals surface area (Å²) >= 11 is 0. The summed E-state index contributed by atoms with van der Waals surface area (Å²) in [5.41, 5.74) is 2.47. The fraction of sp³-hybridized carbons (Fsp3) is 0.368. The molecular formula is C19H25NO. The molecule has 0 aliphatic carbocycles. The first-order valence-electron chi connectivity index (χ1n) is 7.77. The summed E-state index contributed by atoms with van der Waals surface area (Å²) in [7, 11) is 0. The normalized spacial score (nSPS) is 12.2. The number of nitrogens with one attached hydrogen (secondary N) is 1. The van der Waals surface area contributed by atoms with Gasteiger partial charge in [0.2, 0.25) is 0 Å². The van der Waals surface area contributed by atoms with Gasteiger partial charge in [-0.2, -0.15) is 0 Å². The maximum atomic E-state index is 5.68. The van der Waals surface area contributed by atoms with Crippen molar-refractivity contribution in [2.75, 3.05) is 5.32 Å². The van der Waals surface area contributed by atoms with Crippen LogP contribution in [0.3, 0.4) is 0 Å². The Kier molecular flexibility index (Phi) is 5.68. The topological polar surface area (TPSA) is 21.3 Å². The largest absolute Gasteiger partial charge is 0.491 e. The van der Waals surface area contributed by atoms with Crippen LogP contribution in [0.15, 0.2) is 54.6 Å². The molecule has 0 bridgehead atoms. The van der Waals surface area contributed by atoms with Crippen LogP contribution in [-0.4, -0.2) is 6.10 Å². The van der Waals surface area contributed by atoms with Gasteiger partial charge in [0.25, 0.3) is 0 Å². The zero-order chi connectivity index (χ0) is 15.1. The van der Waals surface area contributed by atoms with Crippen LogP contribution >= 0.6 is 0 Å². The average molecular weight is 283 g/mol. The Balaban J connectivity index is 2.06. The summed E-state index contributed by atoms with van der Waals surface area (Å²) in [6.45, 7) is 6.30. The summed E-state index contributed by atoms with van der Waals surface area (Å²) in [6, 6.07) is 19.2. The van der Waals surface area contributed by atoms with Crippen LogP contribution in [-0.2, 0) is 0 Å². The van der Waals surface area contributed by atoms with Crippen LogP contribution < -0.4 is 10.1 Å². The Morgan fingerprint density at radius 3 is 2.19 bits per heavy atom. The van der Waals surface area contributed by atoms with E-state index < -0.39 is 0 Å². The Morgan fingerprint density at radius 1 is 0.952 bits per heavy atom. The first-order chi connectivity index (χ1) is 10.2. The summed E-state index contributed by atoms with van der Waals surface area (Å²) in [5, 5.41) is 3.62. The second-order valence-electron chi connectivity index (χ2n) is 5.59. The van der Waals surface area contributed by atoms with Gasteiger partial charge in [-0.15, -0.1) is 0 Å². The Morgan fingerprint density at radius 2 is 1.62 bits per heavy atom. The highest BCUT2D eigenvalue weighted by Gasteiger charge is 2.10. The molecule has 0 aliphatic rings. The van der Waals surface area contributed by atoms with E-state index in [-0.39, 0.29) is 6.10 Å². The molecule has 21 heavy (non-hydrogen) atoms. The van der Waals surface area contributed by atoms with Gasteiger partial charge >= 0.3 is 0 Å². The number of hydrogen-bond acceptors (Lipinski definition) is 2. The molecule has 0 heterocycles. The van der Waals surface area contributed by atoms with Gasteiger partial charge in [-0.1, -0.05) is 43.7 Å². The van der Waals surface area contributed by atoms with Crippen molar-refractivity contribution in [3.8, 4) is 5.75 Å². The van der Waals surface area contributed by atoms with Crippen molar-refractivity contribution in [1.82, 2.24) is 0 Å². The number of hydrogen-bond donors (Lipinski definition) is 1. The molecule has 2 rings (SSSR count). The number of rotatable bonds is 7. The van der Waals surface area contributed by atoms with E-state index in [9.17, 15) is 0 Å². The lowest BCUT2D eigenvalue weighted by Gasteiger charge is -2.20. The van der Waals surface area contributed by atoms with E-state index in [1.165, 1.54) is 5.56 Å². The molecule has 2 aromatic rings. The highest BCUT2D eigenvalue weighted by molar-refractivity contribution is 5.48. The van der Waals surface area contributed by atoms with E-state index in [2.05, 4.69) is 54.7 Å². The lowest BCUT2D eigenvalue weighted by Crippen LogP contribution is -2.10.